The van der Waals surface area contributed by atoms with Crippen LogP contribution in [-0.2, 0) is 16.0 Å². The van der Waals surface area contributed by atoms with E-state index in [2.05, 4.69) is 17.2 Å². The number of hydrogen-bond donors (Lipinski definition) is 4. The van der Waals surface area contributed by atoms with Gasteiger partial charge in [-0.05, 0) is 55.0 Å². The summed E-state index contributed by atoms with van der Waals surface area (Å²) in [6, 6.07) is 13.8. The fraction of sp³-hybridized carbons (Fsp3) is 0.516. The lowest BCUT2D eigenvalue weighted by Gasteiger charge is -2.39. The van der Waals surface area contributed by atoms with Crippen LogP contribution >= 0.6 is 0 Å². The van der Waals surface area contributed by atoms with Crippen molar-refractivity contribution in [1.29, 1.82) is 0 Å². The highest BCUT2D eigenvalue weighted by atomic mass is 16.7. The maximum absolute atomic E-state index is 12.6. The fourth-order valence-corrected chi connectivity index (χ4v) is 4.63. The number of carbonyl (C=O) groups is 1. The second-order valence-corrected chi connectivity index (χ2v) is 10.5. The molecule has 0 bridgehead atoms. The van der Waals surface area contributed by atoms with Crippen molar-refractivity contribution in [3.8, 4) is 22.8 Å². The molecule has 0 aliphatic carbocycles. The molecular weight excluding hydrogens is 558 g/mol. The molecular formula is C31H41N3O9. The van der Waals surface area contributed by atoms with Crippen molar-refractivity contribution in [3.63, 3.8) is 0 Å². The highest BCUT2D eigenvalue weighted by Crippen LogP contribution is 2.23. The van der Waals surface area contributed by atoms with Crippen molar-refractivity contribution < 1.29 is 44.2 Å². The van der Waals surface area contributed by atoms with Crippen molar-refractivity contribution in [2.75, 3.05) is 19.8 Å². The largest absolute Gasteiger partial charge is 0.494 e. The number of aromatic nitrogens is 3. The Morgan fingerprint density at radius 2 is 1.58 bits per heavy atom. The Kier molecular flexibility index (Phi) is 12.4. The maximum atomic E-state index is 12.6. The van der Waals surface area contributed by atoms with Crippen LogP contribution in [0.5, 0.6) is 11.5 Å². The van der Waals surface area contributed by atoms with Crippen LogP contribution in [-0.4, -0.2) is 91.9 Å². The fourth-order valence-electron chi connectivity index (χ4n) is 4.63. The molecule has 0 saturated carbocycles. The average molecular weight is 600 g/mol. The summed E-state index contributed by atoms with van der Waals surface area (Å²) < 4.78 is 23.7. The zero-order valence-corrected chi connectivity index (χ0v) is 24.3. The van der Waals surface area contributed by atoms with Crippen molar-refractivity contribution in [1.82, 2.24) is 15.0 Å². The van der Waals surface area contributed by atoms with Crippen molar-refractivity contribution in [3.05, 3.63) is 60.3 Å². The van der Waals surface area contributed by atoms with Crippen LogP contribution in [0.4, 0.5) is 0 Å². The van der Waals surface area contributed by atoms with E-state index in [-0.39, 0.29) is 13.2 Å². The summed E-state index contributed by atoms with van der Waals surface area (Å²) in [6.07, 6.45) is 2.22. The smallest absolute Gasteiger partial charge is 0.343 e. The summed E-state index contributed by atoms with van der Waals surface area (Å²) in [5.41, 5.74) is 1.76. The third-order valence-electron chi connectivity index (χ3n) is 7.21. The molecule has 0 amide bonds. The summed E-state index contributed by atoms with van der Waals surface area (Å²) >= 11 is 0. The van der Waals surface area contributed by atoms with E-state index in [0.29, 0.717) is 23.6 Å². The topological polar surface area (TPSA) is 166 Å². The monoisotopic (exact) mass is 599 g/mol. The maximum Gasteiger partial charge on any atom is 0.343 e. The molecule has 1 aliphatic heterocycles. The van der Waals surface area contributed by atoms with Gasteiger partial charge in [0.15, 0.2) is 6.29 Å². The lowest BCUT2D eigenvalue weighted by molar-refractivity contribution is -0.301. The number of aliphatic hydroxyl groups excluding tert-OH is 4. The van der Waals surface area contributed by atoms with Gasteiger partial charge in [0, 0.05) is 5.56 Å². The zero-order chi connectivity index (χ0) is 30.6. The first-order chi connectivity index (χ1) is 20.9. The second kappa shape index (κ2) is 16.5. The average Bonchev–Trinajstić information content (AvgIpc) is 3.50. The Labute approximate surface area is 250 Å². The number of esters is 1. The molecule has 12 heteroatoms. The molecule has 2 heterocycles. The summed E-state index contributed by atoms with van der Waals surface area (Å²) in [5, 5.41) is 47.3. The van der Waals surface area contributed by atoms with Gasteiger partial charge in [-0.15, -0.1) is 5.10 Å². The van der Waals surface area contributed by atoms with E-state index >= 15 is 0 Å². The number of benzene rings is 2. The molecule has 234 valence electrons. The molecule has 2 aromatic carbocycles. The van der Waals surface area contributed by atoms with E-state index in [1.165, 1.54) is 30.4 Å². The lowest BCUT2D eigenvalue weighted by atomic mass is 9.99. The minimum Gasteiger partial charge on any atom is -0.494 e. The molecule has 12 nitrogen and oxygen atoms in total. The molecule has 1 aliphatic rings. The molecule has 0 unspecified atom stereocenters. The van der Waals surface area contributed by atoms with Crippen LogP contribution in [0.3, 0.4) is 0 Å². The van der Waals surface area contributed by atoms with Crippen LogP contribution in [0.2, 0.25) is 0 Å². The van der Waals surface area contributed by atoms with E-state index in [0.717, 1.165) is 24.2 Å². The molecule has 43 heavy (non-hydrogen) atoms. The summed E-state index contributed by atoms with van der Waals surface area (Å²) in [7, 11) is 0. The number of hydrogen-bond acceptors (Lipinski definition) is 11. The number of carbonyl (C=O) groups excluding carboxylic acids is 1. The van der Waals surface area contributed by atoms with Gasteiger partial charge in [-0.3, -0.25) is 0 Å². The standard InChI is InChI=1S/C31H41N3O9/c1-2-3-4-5-6-7-17-40-23-12-10-22(11-13-23)30(39)42-24-14-8-21(9-15-24)25-19-34(33-32-25)16-18-41-31-29(38)28(37)27(36)26(20-35)43-31/h8-15,19,26-29,31,35-38H,2-7,16-18,20H2,1H3/t26-,27+,28+,29-,31-/m1/s1. The Morgan fingerprint density at radius 3 is 2.30 bits per heavy atom. The van der Waals surface area contributed by atoms with Crippen LogP contribution in [0.15, 0.2) is 54.7 Å². The van der Waals surface area contributed by atoms with E-state index in [9.17, 15) is 25.2 Å². The molecule has 3 aromatic rings. The normalized spacial score (nSPS) is 21.9. The highest BCUT2D eigenvalue weighted by Gasteiger charge is 2.43. The van der Waals surface area contributed by atoms with Crippen LogP contribution in [0.25, 0.3) is 11.3 Å². The predicted molar refractivity (Wildman–Crippen MR) is 155 cm³/mol. The summed E-state index contributed by atoms with van der Waals surface area (Å²) in [5.74, 6) is 0.640. The molecule has 1 aromatic heterocycles. The molecule has 5 atom stereocenters. The van der Waals surface area contributed by atoms with Gasteiger partial charge >= 0.3 is 5.97 Å². The first-order valence-electron chi connectivity index (χ1n) is 14.8. The molecule has 0 radical (unpaired) electrons. The number of aliphatic hydroxyl groups is 4. The minimum absolute atomic E-state index is 0.0621. The predicted octanol–water partition coefficient (Wildman–Crippen LogP) is 2.72. The third-order valence-corrected chi connectivity index (χ3v) is 7.21. The van der Waals surface area contributed by atoms with Crippen LogP contribution < -0.4 is 9.47 Å². The van der Waals surface area contributed by atoms with E-state index < -0.39 is 43.3 Å². The van der Waals surface area contributed by atoms with Crippen LogP contribution in [0.1, 0.15) is 55.8 Å². The van der Waals surface area contributed by atoms with Crippen molar-refractivity contribution >= 4 is 5.97 Å². The van der Waals surface area contributed by atoms with Gasteiger partial charge in [-0.25, -0.2) is 9.48 Å². The van der Waals surface area contributed by atoms with Crippen LogP contribution in [0, 0.1) is 0 Å². The van der Waals surface area contributed by atoms with E-state index in [1.54, 1.807) is 54.7 Å². The molecule has 0 spiro atoms. The number of nitrogens with zero attached hydrogens (tertiary/aromatic N) is 3. The van der Waals surface area contributed by atoms with Gasteiger partial charge in [0.25, 0.3) is 0 Å². The molecule has 4 N–H and O–H groups in total. The first-order valence-corrected chi connectivity index (χ1v) is 14.8. The third kappa shape index (κ3) is 9.30. The number of unbranched alkanes of at least 4 members (excludes halogenated alkanes) is 5. The zero-order valence-electron chi connectivity index (χ0n) is 24.3. The Morgan fingerprint density at radius 1 is 0.884 bits per heavy atom. The van der Waals surface area contributed by atoms with Gasteiger partial charge in [0.2, 0.25) is 0 Å². The van der Waals surface area contributed by atoms with Gasteiger partial charge in [-0.1, -0.05) is 44.2 Å². The summed E-state index contributed by atoms with van der Waals surface area (Å²) in [6.45, 7) is 2.66. The number of ether oxygens (including phenoxy) is 4. The highest BCUT2D eigenvalue weighted by molar-refractivity contribution is 5.91. The van der Waals surface area contributed by atoms with Gasteiger partial charge in [0.1, 0.15) is 41.6 Å². The summed E-state index contributed by atoms with van der Waals surface area (Å²) in [4.78, 5) is 12.6. The molecule has 1 fully saturated rings. The first kappa shape index (κ1) is 32.5. The van der Waals surface area contributed by atoms with Crippen molar-refractivity contribution in [2.24, 2.45) is 0 Å². The van der Waals surface area contributed by atoms with Crippen molar-refractivity contribution in [2.45, 2.75) is 82.7 Å². The lowest BCUT2D eigenvalue weighted by Crippen LogP contribution is -2.59. The Hall–Kier alpha value is -3.39. The SMILES string of the molecule is CCCCCCCCOc1ccc(C(=O)Oc2ccc(-c3cn(CCO[C@@H]4O[C@H](CO)[C@H](O)[C@H](O)[C@H]4O)nn3)cc2)cc1. The van der Waals surface area contributed by atoms with Gasteiger partial charge < -0.3 is 39.4 Å². The van der Waals surface area contributed by atoms with E-state index in [4.69, 9.17) is 18.9 Å². The Balaban J connectivity index is 1.20. The minimum atomic E-state index is -1.50. The van der Waals surface area contributed by atoms with E-state index in [1.807, 2.05) is 0 Å². The second-order valence-electron chi connectivity index (χ2n) is 10.5. The molecule has 1 saturated heterocycles. The Bertz CT molecular complexity index is 1250. The molecule has 4 rings (SSSR count). The quantitative estimate of drug-likeness (QED) is 0.109. The van der Waals surface area contributed by atoms with Gasteiger partial charge in [0.05, 0.1) is 38.1 Å². The van der Waals surface area contributed by atoms with Gasteiger partial charge in [-0.2, -0.15) is 0 Å². The number of rotatable bonds is 16.